The van der Waals surface area contributed by atoms with E-state index in [2.05, 4.69) is 48.2 Å². The molecule has 1 aromatic heterocycles. The predicted molar refractivity (Wildman–Crippen MR) is 74.9 cm³/mol. The SMILES string of the molecule is CN(Cc1noc(C(C)(C)C)n1)CC1CCNCC1. The lowest BCUT2D eigenvalue weighted by Gasteiger charge is -2.26. The molecule has 0 saturated carbocycles. The molecule has 0 spiro atoms. The van der Waals surface area contributed by atoms with Crippen LogP contribution in [0.4, 0.5) is 0 Å². The molecule has 2 heterocycles. The Morgan fingerprint density at radius 1 is 1.32 bits per heavy atom. The highest BCUT2D eigenvalue weighted by Gasteiger charge is 2.22. The Balaban J connectivity index is 1.84. The first kappa shape index (κ1) is 14.5. The van der Waals surface area contributed by atoms with Crippen LogP contribution >= 0.6 is 0 Å². The molecule has 0 bridgehead atoms. The molecule has 0 aromatic carbocycles. The van der Waals surface area contributed by atoms with Crippen molar-refractivity contribution in [1.82, 2.24) is 20.4 Å². The van der Waals surface area contributed by atoms with Gasteiger partial charge in [0.2, 0.25) is 5.89 Å². The van der Waals surface area contributed by atoms with Gasteiger partial charge in [0.05, 0.1) is 6.54 Å². The van der Waals surface area contributed by atoms with E-state index in [0.29, 0.717) is 0 Å². The summed E-state index contributed by atoms with van der Waals surface area (Å²) in [6.45, 7) is 10.4. The number of nitrogens with one attached hydrogen (secondary N) is 1. The molecule has 5 heteroatoms. The molecule has 1 aromatic rings. The number of hydrogen-bond acceptors (Lipinski definition) is 5. The van der Waals surface area contributed by atoms with Crippen LogP contribution in [-0.2, 0) is 12.0 Å². The maximum atomic E-state index is 5.32. The molecule has 1 fully saturated rings. The maximum Gasteiger partial charge on any atom is 0.232 e. The van der Waals surface area contributed by atoms with Crippen molar-refractivity contribution in [2.45, 2.75) is 45.6 Å². The minimum Gasteiger partial charge on any atom is -0.339 e. The Bertz CT molecular complexity index is 390. The topological polar surface area (TPSA) is 54.2 Å². The van der Waals surface area contributed by atoms with E-state index >= 15 is 0 Å². The Kier molecular flexibility index (Phi) is 4.58. The molecule has 0 atom stereocenters. The molecule has 1 aliphatic rings. The molecule has 1 N–H and O–H groups in total. The van der Waals surface area contributed by atoms with E-state index in [-0.39, 0.29) is 5.41 Å². The van der Waals surface area contributed by atoms with Crippen LogP contribution in [0.2, 0.25) is 0 Å². The monoisotopic (exact) mass is 266 g/mol. The van der Waals surface area contributed by atoms with Crippen LogP contribution in [0, 0.1) is 5.92 Å². The molecule has 1 aliphatic heterocycles. The average Bonchev–Trinajstić information content (AvgIpc) is 2.78. The minimum atomic E-state index is -0.0706. The normalized spacial score (nSPS) is 18.2. The second-order valence-corrected chi connectivity index (χ2v) is 6.66. The molecule has 0 aliphatic carbocycles. The van der Waals surface area contributed by atoms with Crippen molar-refractivity contribution in [2.75, 3.05) is 26.7 Å². The van der Waals surface area contributed by atoms with Gasteiger partial charge in [0.1, 0.15) is 0 Å². The summed E-state index contributed by atoms with van der Waals surface area (Å²) in [5.41, 5.74) is -0.0706. The highest BCUT2D eigenvalue weighted by atomic mass is 16.5. The zero-order valence-corrected chi connectivity index (χ0v) is 12.6. The van der Waals surface area contributed by atoms with E-state index in [1.807, 2.05) is 0 Å². The standard InChI is InChI=1S/C14H26N4O/c1-14(2,3)13-16-12(17-19-13)10-18(4)9-11-5-7-15-8-6-11/h11,15H,5-10H2,1-4H3. The average molecular weight is 266 g/mol. The zero-order valence-electron chi connectivity index (χ0n) is 12.6. The van der Waals surface area contributed by atoms with Crippen molar-refractivity contribution >= 4 is 0 Å². The van der Waals surface area contributed by atoms with Crippen molar-refractivity contribution < 1.29 is 4.52 Å². The third kappa shape index (κ3) is 4.28. The molecule has 2 rings (SSSR count). The van der Waals surface area contributed by atoms with Crippen molar-refractivity contribution in [3.63, 3.8) is 0 Å². The Morgan fingerprint density at radius 2 is 2.00 bits per heavy atom. The molecule has 108 valence electrons. The number of nitrogens with zero attached hydrogens (tertiary/aromatic N) is 3. The van der Waals surface area contributed by atoms with Crippen LogP contribution in [0.15, 0.2) is 4.52 Å². The van der Waals surface area contributed by atoms with Crippen molar-refractivity contribution in [3.05, 3.63) is 11.7 Å². The summed E-state index contributed by atoms with van der Waals surface area (Å²) in [5, 5.41) is 7.47. The number of aromatic nitrogens is 2. The van der Waals surface area contributed by atoms with Crippen LogP contribution in [-0.4, -0.2) is 41.7 Å². The summed E-state index contributed by atoms with van der Waals surface area (Å²) in [5.74, 6) is 2.30. The molecule has 0 unspecified atom stereocenters. The van der Waals surface area contributed by atoms with Gasteiger partial charge in [-0.05, 0) is 38.9 Å². The van der Waals surface area contributed by atoms with Crippen molar-refractivity contribution in [1.29, 1.82) is 0 Å². The van der Waals surface area contributed by atoms with Crippen LogP contribution < -0.4 is 5.32 Å². The van der Waals surface area contributed by atoms with Gasteiger partial charge in [-0.1, -0.05) is 25.9 Å². The van der Waals surface area contributed by atoms with Crippen molar-refractivity contribution in [3.8, 4) is 0 Å². The van der Waals surface area contributed by atoms with Crippen LogP contribution in [0.5, 0.6) is 0 Å². The Morgan fingerprint density at radius 3 is 2.58 bits per heavy atom. The third-order valence-electron chi connectivity index (χ3n) is 3.55. The van der Waals surface area contributed by atoms with Gasteiger partial charge in [-0.3, -0.25) is 4.90 Å². The predicted octanol–water partition coefficient (Wildman–Crippen LogP) is 1.80. The van der Waals surface area contributed by atoms with Crippen molar-refractivity contribution in [2.24, 2.45) is 5.92 Å². The van der Waals surface area contributed by atoms with Crippen LogP contribution in [0.25, 0.3) is 0 Å². The highest BCUT2D eigenvalue weighted by molar-refractivity contribution is 4.98. The number of rotatable bonds is 4. The molecule has 0 radical (unpaired) electrons. The largest absolute Gasteiger partial charge is 0.339 e. The molecular weight excluding hydrogens is 240 g/mol. The lowest BCUT2D eigenvalue weighted by atomic mass is 9.97. The summed E-state index contributed by atoms with van der Waals surface area (Å²) in [6, 6.07) is 0. The fraction of sp³-hybridized carbons (Fsp3) is 0.857. The van der Waals surface area contributed by atoms with Crippen LogP contribution in [0.3, 0.4) is 0 Å². The quantitative estimate of drug-likeness (QED) is 0.900. The second-order valence-electron chi connectivity index (χ2n) is 6.66. The molecule has 5 nitrogen and oxygen atoms in total. The smallest absolute Gasteiger partial charge is 0.232 e. The fourth-order valence-electron chi connectivity index (χ4n) is 2.43. The summed E-state index contributed by atoms with van der Waals surface area (Å²) in [7, 11) is 2.13. The third-order valence-corrected chi connectivity index (χ3v) is 3.55. The Labute approximate surface area is 115 Å². The van der Waals surface area contributed by atoms with Gasteiger partial charge in [-0.15, -0.1) is 0 Å². The first-order valence-electron chi connectivity index (χ1n) is 7.17. The fourth-order valence-corrected chi connectivity index (χ4v) is 2.43. The summed E-state index contributed by atoms with van der Waals surface area (Å²) >= 11 is 0. The summed E-state index contributed by atoms with van der Waals surface area (Å²) in [6.07, 6.45) is 2.54. The summed E-state index contributed by atoms with van der Waals surface area (Å²) in [4.78, 5) is 6.78. The van der Waals surface area contributed by atoms with E-state index in [1.165, 1.54) is 12.8 Å². The number of hydrogen-bond donors (Lipinski definition) is 1. The minimum absolute atomic E-state index is 0.0706. The summed E-state index contributed by atoms with van der Waals surface area (Å²) < 4.78 is 5.32. The lowest BCUT2D eigenvalue weighted by molar-refractivity contribution is 0.227. The first-order valence-corrected chi connectivity index (χ1v) is 7.17. The van der Waals surface area contributed by atoms with Gasteiger partial charge in [0.25, 0.3) is 0 Å². The van der Waals surface area contributed by atoms with Gasteiger partial charge in [-0.2, -0.15) is 4.98 Å². The zero-order chi connectivity index (χ0) is 13.9. The lowest BCUT2D eigenvalue weighted by Crippen LogP contribution is -2.34. The highest BCUT2D eigenvalue weighted by Crippen LogP contribution is 2.20. The molecule has 1 saturated heterocycles. The first-order chi connectivity index (χ1) is 8.95. The van der Waals surface area contributed by atoms with Crippen LogP contribution in [0.1, 0.15) is 45.3 Å². The Hall–Kier alpha value is -0.940. The molecular formula is C14H26N4O. The van der Waals surface area contributed by atoms with E-state index in [9.17, 15) is 0 Å². The van der Waals surface area contributed by atoms with Gasteiger partial charge in [0.15, 0.2) is 5.82 Å². The van der Waals surface area contributed by atoms with E-state index in [4.69, 9.17) is 4.52 Å². The van der Waals surface area contributed by atoms with E-state index in [1.54, 1.807) is 0 Å². The maximum absolute atomic E-state index is 5.32. The van der Waals surface area contributed by atoms with E-state index in [0.717, 1.165) is 43.8 Å². The number of piperidine rings is 1. The second kappa shape index (κ2) is 6.01. The molecule has 0 amide bonds. The molecule has 19 heavy (non-hydrogen) atoms. The van der Waals surface area contributed by atoms with Gasteiger partial charge in [0, 0.05) is 12.0 Å². The van der Waals surface area contributed by atoms with Gasteiger partial charge in [-0.25, -0.2) is 0 Å². The van der Waals surface area contributed by atoms with E-state index < -0.39 is 0 Å². The van der Waals surface area contributed by atoms with Gasteiger partial charge < -0.3 is 9.84 Å². The van der Waals surface area contributed by atoms with Gasteiger partial charge >= 0.3 is 0 Å².